The number of ketones is 1. The minimum atomic E-state index is -0.596. The van der Waals surface area contributed by atoms with E-state index in [0.29, 0.717) is 45.3 Å². The van der Waals surface area contributed by atoms with Gasteiger partial charge in [-0.25, -0.2) is 0 Å². The van der Waals surface area contributed by atoms with Crippen LogP contribution in [0.5, 0.6) is 0 Å². The summed E-state index contributed by atoms with van der Waals surface area (Å²) in [7, 11) is 3.48. The van der Waals surface area contributed by atoms with Gasteiger partial charge in [-0.2, -0.15) is 0 Å². The Kier molecular flexibility index (Phi) is 19.0. The Labute approximate surface area is 296 Å². The number of hydrogen-bond donors (Lipinski definition) is 3. The van der Waals surface area contributed by atoms with Crippen molar-refractivity contribution >= 4 is 68.7 Å². The van der Waals surface area contributed by atoms with Crippen molar-refractivity contribution in [2.75, 3.05) is 38.5 Å². The van der Waals surface area contributed by atoms with Crippen LogP contribution < -0.4 is 16.0 Å². The van der Waals surface area contributed by atoms with Crippen molar-refractivity contribution in [3.05, 3.63) is 24.3 Å². The number of rotatable bonds is 25. The Morgan fingerprint density at radius 3 is 1.65 bits per heavy atom. The van der Waals surface area contributed by atoms with E-state index in [2.05, 4.69) is 36.7 Å². The van der Waals surface area contributed by atoms with E-state index in [-0.39, 0.29) is 60.6 Å². The van der Waals surface area contributed by atoms with Gasteiger partial charge in [0.15, 0.2) is 0 Å². The predicted molar refractivity (Wildman–Crippen MR) is 190 cm³/mol. The molecule has 13 nitrogen and oxygen atoms in total. The first-order valence-corrected chi connectivity index (χ1v) is 19.3. The average Bonchev–Trinajstić information content (AvgIpc) is 3.54. The van der Waals surface area contributed by atoms with Crippen LogP contribution in [0.1, 0.15) is 91.4 Å². The molecule has 49 heavy (non-hydrogen) atoms. The third-order valence-electron chi connectivity index (χ3n) is 7.57. The number of hydrogen-bond acceptors (Lipinski definition) is 10. The Bertz CT molecular complexity index is 1230. The molecule has 2 aliphatic rings. The zero-order chi connectivity index (χ0) is 36.2. The van der Waals surface area contributed by atoms with Crippen LogP contribution in [0.15, 0.2) is 24.3 Å². The van der Waals surface area contributed by atoms with Gasteiger partial charge in [-0.05, 0) is 25.7 Å². The highest BCUT2D eigenvalue weighted by atomic mass is 33.1. The van der Waals surface area contributed by atoms with Crippen LogP contribution in [-0.2, 0) is 38.4 Å². The minimum Gasteiger partial charge on any atom is -0.356 e. The number of nitrogens with one attached hydrogen (secondary N) is 3. The third-order valence-corrected chi connectivity index (χ3v) is 10.9. The highest BCUT2D eigenvalue weighted by molar-refractivity contribution is 8.77. The maximum Gasteiger partial charge on any atom is 0.253 e. The van der Waals surface area contributed by atoms with Crippen LogP contribution in [0.2, 0.25) is 0 Å². The van der Waals surface area contributed by atoms with Gasteiger partial charge < -0.3 is 16.0 Å². The van der Waals surface area contributed by atoms with Crippen LogP contribution in [0.3, 0.4) is 0 Å². The molecular formula is C34H51N5O8S2. The van der Waals surface area contributed by atoms with Gasteiger partial charge in [0.25, 0.3) is 23.6 Å². The molecule has 0 spiro atoms. The van der Waals surface area contributed by atoms with Crippen molar-refractivity contribution in [2.24, 2.45) is 5.92 Å². The molecule has 0 aliphatic carbocycles. The lowest BCUT2D eigenvalue weighted by Gasteiger charge is -2.18. The topological polar surface area (TPSA) is 179 Å². The SMILES string of the molecule is CC(C)(C)SSCCC(=O)NCCCCCCNC(=O)[C@H](CCCCNC(=O)CCN1C(=O)C=CC1=O)CC(=O)CCN1C(=O)C=CC1=O. The molecule has 0 aromatic rings. The van der Waals surface area contributed by atoms with Gasteiger partial charge in [0.05, 0.1) is 0 Å². The summed E-state index contributed by atoms with van der Waals surface area (Å²) in [6, 6.07) is 0. The van der Waals surface area contributed by atoms with E-state index in [1.165, 1.54) is 12.2 Å². The molecule has 15 heteroatoms. The number of carbonyl (C=O) groups excluding carboxylic acids is 8. The summed E-state index contributed by atoms with van der Waals surface area (Å²) in [5.41, 5.74) is 0. The van der Waals surface area contributed by atoms with E-state index < -0.39 is 29.5 Å². The van der Waals surface area contributed by atoms with Crippen molar-refractivity contribution in [2.45, 2.75) is 96.1 Å². The lowest BCUT2D eigenvalue weighted by atomic mass is 9.94. The van der Waals surface area contributed by atoms with E-state index in [1.807, 2.05) is 0 Å². The molecule has 0 aromatic carbocycles. The number of amides is 7. The number of nitrogens with zero attached hydrogens (tertiary/aromatic N) is 2. The highest BCUT2D eigenvalue weighted by Crippen LogP contribution is 2.35. The molecule has 2 rings (SSSR count). The van der Waals surface area contributed by atoms with E-state index in [1.54, 1.807) is 21.6 Å². The van der Waals surface area contributed by atoms with Crippen molar-refractivity contribution in [3.63, 3.8) is 0 Å². The first-order valence-electron chi connectivity index (χ1n) is 17.0. The summed E-state index contributed by atoms with van der Waals surface area (Å²) in [6.07, 6.45) is 9.98. The molecule has 0 saturated heterocycles. The van der Waals surface area contributed by atoms with E-state index in [0.717, 1.165) is 53.4 Å². The number of imide groups is 2. The molecule has 0 saturated carbocycles. The van der Waals surface area contributed by atoms with Crippen LogP contribution >= 0.6 is 21.6 Å². The minimum absolute atomic E-state index is 0.00120. The molecule has 3 N–H and O–H groups in total. The fourth-order valence-corrected chi connectivity index (χ4v) is 7.18. The van der Waals surface area contributed by atoms with Gasteiger partial charge in [-0.15, -0.1) is 0 Å². The molecule has 0 radical (unpaired) electrons. The summed E-state index contributed by atoms with van der Waals surface area (Å²) >= 11 is 0. The van der Waals surface area contributed by atoms with Crippen molar-refractivity contribution < 1.29 is 38.4 Å². The quantitative estimate of drug-likeness (QED) is 0.0721. The Hall–Kier alpha value is -3.46. The van der Waals surface area contributed by atoms with Crippen molar-refractivity contribution in [3.8, 4) is 0 Å². The van der Waals surface area contributed by atoms with E-state index >= 15 is 0 Å². The monoisotopic (exact) mass is 721 g/mol. The standard InChI is InChI=1S/C34H51N5O8S2/c1-34(2,3)49-48-23-17-28(42)36-18-7-4-5-8-20-37-33(47)25(24-26(40)15-21-38-29(43)11-12-30(38)44)10-6-9-19-35-27(41)16-22-39-31(45)13-14-32(39)46/h11-14,25H,4-10,15-24H2,1-3H3,(H,35,41)(H,36,42)(H,37,47)/t25-/m1/s1. The fraction of sp³-hybridized carbons (Fsp3) is 0.647. The van der Waals surface area contributed by atoms with Gasteiger partial charge >= 0.3 is 0 Å². The van der Waals surface area contributed by atoms with Crippen molar-refractivity contribution in [1.29, 1.82) is 0 Å². The van der Waals surface area contributed by atoms with Crippen LogP contribution in [0.4, 0.5) is 0 Å². The Morgan fingerprint density at radius 2 is 1.12 bits per heavy atom. The fourth-order valence-electron chi connectivity index (χ4n) is 4.92. The number of unbranched alkanes of at least 4 members (excludes halogenated alkanes) is 4. The van der Waals surface area contributed by atoms with E-state index in [9.17, 15) is 38.4 Å². The van der Waals surface area contributed by atoms with Gasteiger partial charge in [0, 0.05) is 99.1 Å². The number of Topliss-reactive ketones (excluding diaryl/α,β-unsaturated/α-hetero) is 1. The molecule has 0 fully saturated rings. The van der Waals surface area contributed by atoms with Gasteiger partial charge in [-0.1, -0.05) is 61.6 Å². The van der Waals surface area contributed by atoms with Crippen LogP contribution in [0, 0.1) is 5.92 Å². The largest absolute Gasteiger partial charge is 0.356 e. The Morgan fingerprint density at radius 1 is 0.653 bits per heavy atom. The summed E-state index contributed by atoms with van der Waals surface area (Å²) < 4.78 is 0.165. The molecule has 2 aliphatic heterocycles. The molecule has 0 unspecified atom stereocenters. The summed E-state index contributed by atoms with van der Waals surface area (Å²) in [5, 5.41) is 8.63. The molecule has 7 amide bonds. The second-order valence-corrected chi connectivity index (χ2v) is 16.2. The molecule has 272 valence electrons. The molecule has 0 aromatic heterocycles. The van der Waals surface area contributed by atoms with Crippen LogP contribution in [-0.4, -0.2) is 100 Å². The first-order chi connectivity index (χ1) is 23.3. The average molecular weight is 722 g/mol. The smallest absolute Gasteiger partial charge is 0.253 e. The normalized spacial score (nSPS) is 14.9. The lowest BCUT2D eigenvalue weighted by molar-refractivity contribution is -0.139. The van der Waals surface area contributed by atoms with Gasteiger partial charge in [0.2, 0.25) is 17.7 Å². The maximum absolute atomic E-state index is 13.1. The molecule has 0 bridgehead atoms. The van der Waals surface area contributed by atoms with Crippen molar-refractivity contribution in [1.82, 2.24) is 25.8 Å². The lowest BCUT2D eigenvalue weighted by Crippen LogP contribution is -2.35. The maximum atomic E-state index is 13.1. The third kappa shape index (κ3) is 17.7. The summed E-state index contributed by atoms with van der Waals surface area (Å²) in [4.78, 5) is 98.9. The predicted octanol–water partition coefficient (Wildman–Crippen LogP) is 2.84. The molecular weight excluding hydrogens is 671 g/mol. The highest BCUT2D eigenvalue weighted by Gasteiger charge is 2.26. The second kappa shape index (κ2) is 22.3. The number of carbonyl (C=O) groups is 8. The summed E-state index contributed by atoms with van der Waals surface area (Å²) in [6.45, 7) is 7.79. The zero-order valence-electron chi connectivity index (χ0n) is 28.9. The zero-order valence-corrected chi connectivity index (χ0v) is 30.5. The first kappa shape index (κ1) is 41.7. The van der Waals surface area contributed by atoms with Gasteiger partial charge in [0.1, 0.15) is 5.78 Å². The second-order valence-electron chi connectivity index (χ2n) is 12.9. The Balaban J connectivity index is 1.67. The van der Waals surface area contributed by atoms with E-state index in [4.69, 9.17) is 0 Å². The molecule has 1 atom stereocenters. The summed E-state index contributed by atoms with van der Waals surface area (Å²) in [5.74, 6) is -2.34. The van der Waals surface area contributed by atoms with Crippen LogP contribution in [0.25, 0.3) is 0 Å². The van der Waals surface area contributed by atoms with Gasteiger partial charge in [-0.3, -0.25) is 48.2 Å². The molecule has 2 heterocycles.